The smallest absolute Gasteiger partial charge is 0.239 e. The molecular formula is C9H14ClN3OS. The first-order valence-corrected chi connectivity index (χ1v) is 6.05. The minimum Gasteiger partial charge on any atom is -0.355 e. The van der Waals surface area contributed by atoms with Crippen molar-refractivity contribution in [3.05, 3.63) is 10.5 Å². The average molecular weight is 248 g/mol. The van der Waals surface area contributed by atoms with Gasteiger partial charge in [-0.15, -0.1) is 11.3 Å². The van der Waals surface area contributed by atoms with Crippen LogP contribution in [0.15, 0.2) is 5.38 Å². The zero-order valence-corrected chi connectivity index (χ0v) is 10.4. The van der Waals surface area contributed by atoms with Gasteiger partial charge in [0.2, 0.25) is 5.91 Å². The summed E-state index contributed by atoms with van der Waals surface area (Å²) in [5, 5.41) is 5.77. The van der Waals surface area contributed by atoms with E-state index < -0.39 is 0 Å². The van der Waals surface area contributed by atoms with Crippen molar-refractivity contribution >= 4 is 34.0 Å². The molecule has 0 atom stereocenters. The molecule has 0 saturated carbocycles. The van der Waals surface area contributed by atoms with E-state index >= 15 is 0 Å². The van der Waals surface area contributed by atoms with Gasteiger partial charge in [-0.05, 0) is 13.8 Å². The highest BCUT2D eigenvalue weighted by atomic mass is 35.5. The Balaban J connectivity index is 2.60. The topological polar surface area (TPSA) is 45.2 Å². The van der Waals surface area contributed by atoms with E-state index in [0.29, 0.717) is 18.2 Å². The maximum Gasteiger partial charge on any atom is 0.239 e. The Labute approximate surface area is 98.3 Å². The average Bonchev–Trinajstić information content (AvgIpc) is 2.61. The molecule has 0 aliphatic heterocycles. The molecule has 0 fully saturated rings. The van der Waals surface area contributed by atoms with E-state index in [2.05, 4.69) is 10.3 Å². The van der Waals surface area contributed by atoms with E-state index in [0.717, 1.165) is 11.7 Å². The van der Waals surface area contributed by atoms with E-state index in [-0.39, 0.29) is 5.91 Å². The number of amides is 1. The Kier molecular flexibility index (Phi) is 4.84. The molecule has 0 saturated heterocycles. The molecule has 1 amide bonds. The summed E-state index contributed by atoms with van der Waals surface area (Å²) < 4.78 is 0. The molecule has 4 nitrogen and oxygen atoms in total. The van der Waals surface area contributed by atoms with Gasteiger partial charge in [-0.25, -0.2) is 4.98 Å². The van der Waals surface area contributed by atoms with Gasteiger partial charge >= 0.3 is 0 Å². The van der Waals surface area contributed by atoms with Crippen molar-refractivity contribution in [1.82, 2.24) is 10.3 Å². The number of carbonyl (C=O) groups excluding carboxylic acids is 1. The molecule has 15 heavy (non-hydrogen) atoms. The monoisotopic (exact) mass is 247 g/mol. The highest BCUT2D eigenvalue weighted by molar-refractivity contribution is 7.14. The van der Waals surface area contributed by atoms with Crippen LogP contribution in [0.1, 0.15) is 13.8 Å². The van der Waals surface area contributed by atoms with Gasteiger partial charge in [-0.3, -0.25) is 4.79 Å². The Hall–Kier alpha value is -0.810. The summed E-state index contributed by atoms with van der Waals surface area (Å²) >= 11 is 7.18. The third-order valence-electron chi connectivity index (χ3n) is 1.82. The number of likely N-dealkylation sites (N-methyl/N-ethyl adjacent to an activating group) is 2. The van der Waals surface area contributed by atoms with Gasteiger partial charge in [0, 0.05) is 18.5 Å². The first kappa shape index (κ1) is 12.3. The van der Waals surface area contributed by atoms with Crippen LogP contribution in [0.4, 0.5) is 5.13 Å². The van der Waals surface area contributed by atoms with Crippen molar-refractivity contribution in [2.45, 2.75) is 13.8 Å². The second-order valence-electron chi connectivity index (χ2n) is 2.92. The van der Waals surface area contributed by atoms with Crippen LogP contribution in [0, 0.1) is 0 Å². The lowest BCUT2D eigenvalue weighted by Crippen LogP contribution is -2.37. The Morgan fingerprint density at radius 3 is 2.87 bits per heavy atom. The molecule has 0 radical (unpaired) electrons. The maximum atomic E-state index is 11.4. The highest BCUT2D eigenvalue weighted by Gasteiger charge is 2.12. The number of anilines is 1. The molecule has 1 N–H and O–H groups in total. The summed E-state index contributed by atoms with van der Waals surface area (Å²) in [6.45, 7) is 5.59. The summed E-state index contributed by atoms with van der Waals surface area (Å²) in [6.07, 6.45) is 0. The summed E-state index contributed by atoms with van der Waals surface area (Å²) in [7, 11) is 0. The Morgan fingerprint density at radius 2 is 2.40 bits per heavy atom. The van der Waals surface area contributed by atoms with Crippen molar-refractivity contribution < 1.29 is 4.79 Å². The van der Waals surface area contributed by atoms with E-state index in [1.807, 2.05) is 18.7 Å². The van der Waals surface area contributed by atoms with Crippen LogP contribution in [0.3, 0.4) is 0 Å². The number of hydrogen-bond donors (Lipinski definition) is 1. The van der Waals surface area contributed by atoms with Crippen molar-refractivity contribution in [3.8, 4) is 0 Å². The fourth-order valence-electron chi connectivity index (χ4n) is 1.13. The van der Waals surface area contributed by atoms with E-state index in [1.165, 1.54) is 11.3 Å². The minimum atomic E-state index is 0.00525. The standard InChI is InChI=1S/C9H14ClN3OS/c1-3-11-8(14)5-13(4-2)9-12-7(10)6-15-9/h6H,3-5H2,1-2H3,(H,11,14). The summed E-state index contributed by atoms with van der Waals surface area (Å²) in [5.41, 5.74) is 0. The molecule has 1 aromatic rings. The molecule has 1 rings (SSSR count). The van der Waals surface area contributed by atoms with Crippen LogP contribution in [0.5, 0.6) is 0 Å². The molecule has 0 aromatic carbocycles. The first-order valence-electron chi connectivity index (χ1n) is 4.80. The second-order valence-corrected chi connectivity index (χ2v) is 4.14. The number of nitrogens with one attached hydrogen (secondary N) is 1. The number of carbonyl (C=O) groups is 1. The van der Waals surface area contributed by atoms with Crippen molar-refractivity contribution in [1.29, 1.82) is 0 Å². The number of hydrogen-bond acceptors (Lipinski definition) is 4. The van der Waals surface area contributed by atoms with Gasteiger partial charge in [0.15, 0.2) is 5.13 Å². The zero-order chi connectivity index (χ0) is 11.3. The molecule has 84 valence electrons. The lowest BCUT2D eigenvalue weighted by Gasteiger charge is -2.18. The highest BCUT2D eigenvalue weighted by Crippen LogP contribution is 2.22. The molecule has 0 aliphatic carbocycles. The van der Waals surface area contributed by atoms with Crippen LogP contribution >= 0.6 is 22.9 Å². The summed E-state index contributed by atoms with van der Waals surface area (Å²) in [6, 6.07) is 0. The van der Waals surface area contributed by atoms with Crippen molar-refractivity contribution in [2.75, 3.05) is 24.5 Å². The summed E-state index contributed by atoms with van der Waals surface area (Å²) in [4.78, 5) is 17.4. The molecule has 0 bridgehead atoms. The Morgan fingerprint density at radius 1 is 1.67 bits per heavy atom. The first-order chi connectivity index (χ1) is 7.17. The van der Waals surface area contributed by atoms with Gasteiger partial charge in [-0.2, -0.15) is 0 Å². The fraction of sp³-hybridized carbons (Fsp3) is 0.556. The largest absolute Gasteiger partial charge is 0.355 e. The number of aromatic nitrogens is 1. The van der Waals surface area contributed by atoms with Gasteiger partial charge in [0.05, 0.1) is 6.54 Å². The Bertz CT molecular complexity index is 329. The third kappa shape index (κ3) is 3.68. The minimum absolute atomic E-state index is 0.00525. The number of nitrogens with zero attached hydrogens (tertiary/aromatic N) is 2. The third-order valence-corrected chi connectivity index (χ3v) is 3.05. The number of halogens is 1. The second kappa shape index (κ2) is 5.92. The van der Waals surface area contributed by atoms with Crippen molar-refractivity contribution in [2.24, 2.45) is 0 Å². The molecule has 1 aromatic heterocycles. The van der Waals surface area contributed by atoms with E-state index in [9.17, 15) is 4.79 Å². The van der Waals surface area contributed by atoms with E-state index in [1.54, 1.807) is 5.38 Å². The van der Waals surface area contributed by atoms with Gasteiger partial charge in [-0.1, -0.05) is 11.6 Å². The van der Waals surface area contributed by atoms with Gasteiger partial charge < -0.3 is 10.2 Å². The fourth-order valence-corrected chi connectivity index (χ4v) is 2.14. The molecule has 1 heterocycles. The predicted molar refractivity (Wildman–Crippen MR) is 63.7 cm³/mol. The lowest BCUT2D eigenvalue weighted by molar-refractivity contribution is -0.119. The van der Waals surface area contributed by atoms with Crippen LogP contribution in [-0.4, -0.2) is 30.5 Å². The molecule has 6 heteroatoms. The normalized spacial score (nSPS) is 10.1. The molecule has 0 aliphatic rings. The molecular weight excluding hydrogens is 234 g/mol. The quantitative estimate of drug-likeness (QED) is 0.863. The van der Waals surface area contributed by atoms with Crippen LogP contribution < -0.4 is 10.2 Å². The van der Waals surface area contributed by atoms with Crippen LogP contribution in [-0.2, 0) is 4.79 Å². The number of thiazole rings is 1. The van der Waals surface area contributed by atoms with Crippen molar-refractivity contribution in [3.63, 3.8) is 0 Å². The molecule has 0 unspecified atom stereocenters. The SMILES string of the molecule is CCNC(=O)CN(CC)c1nc(Cl)cs1. The zero-order valence-electron chi connectivity index (χ0n) is 8.79. The number of rotatable bonds is 5. The van der Waals surface area contributed by atoms with Gasteiger partial charge in [0.25, 0.3) is 0 Å². The predicted octanol–water partition coefficient (Wildman–Crippen LogP) is 1.76. The van der Waals surface area contributed by atoms with Crippen LogP contribution in [0.2, 0.25) is 5.15 Å². The van der Waals surface area contributed by atoms with Crippen LogP contribution in [0.25, 0.3) is 0 Å². The maximum absolute atomic E-state index is 11.4. The van der Waals surface area contributed by atoms with Gasteiger partial charge in [0.1, 0.15) is 5.15 Å². The van der Waals surface area contributed by atoms with E-state index in [4.69, 9.17) is 11.6 Å². The summed E-state index contributed by atoms with van der Waals surface area (Å²) in [5.74, 6) is 0.00525. The lowest BCUT2D eigenvalue weighted by atomic mass is 10.5. The molecule has 0 spiro atoms.